The summed E-state index contributed by atoms with van der Waals surface area (Å²) in [6.07, 6.45) is 2.49. The average Bonchev–Trinajstić information content (AvgIpc) is 2.80. The van der Waals surface area contributed by atoms with Crippen LogP contribution in [0.5, 0.6) is 0 Å². The van der Waals surface area contributed by atoms with Gasteiger partial charge in [-0.25, -0.2) is 0 Å². The van der Waals surface area contributed by atoms with E-state index in [-0.39, 0.29) is 16.4 Å². The molecule has 23 heavy (non-hydrogen) atoms. The largest absolute Gasteiger partial charge is 0.417 e. The van der Waals surface area contributed by atoms with E-state index in [0.717, 1.165) is 26.0 Å². The molecule has 1 N–H and O–H groups in total. The molecule has 1 fully saturated rings. The number of benzene rings is 1. The first kappa shape index (κ1) is 18.2. The van der Waals surface area contributed by atoms with E-state index in [1.165, 1.54) is 5.56 Å². The summed E-state index contributed by atoms with van der Waals surface area (Å²) >= 11 is 0. The quantitative estimate of drug-likeness (QED) is 0.794. The van der Waals surface area contributed by atoms with Crippen molar-refractivity contribution in [1.82, 2.24) is 5.32 Å². The number of hydrogen-bond acceptors (Lipinski definition) is 2. The Labute approximate surface area is 141 Å². The fraction of sp³-hybridized carbons (Fsp3) is 0.632. The van der Waals surface area contributed by atoms with Crippen molar-refractivity contribution in [3.8, 4) is 0 Å². The zero-order valence-corrected chi connectivity index (χ0v) is 16.2. The molecular formula is C19H31NO2Si. The van der Waals surface area contributed by atoms with E-state index in [1.54, 1.807) is 0 Å². The summed E-state index contributed by atoms with van der Waals surface area (Å²) in [5, 5.41) is 3.25. The Hall–Kier alpha value is -1.13. The number of amides is 1. The number of hydrogen-bond donors (Lipinski definition) is 1. The van der Waals surface area contributed by atoms with Gasteiger partial charge in [0.05, 0.1) is 0 Å². The van der Waals surface area contributed by atoms with Crippen molar-refractivity contribution in [2.75, 3.05) is 13.2 Å². The zero-order chi connectivity index (χ0) is 17.1. The molecule has 128 valence electrons. The monoisotopic (exact) mass is 333 g/mol. The predicted molar refractivity (Wildman–Crippen MR) is 98.0 cm³/mol. The van der Waals surface area contributed by atoms with Crippen molar-refractivity contribution in [3.63, 3.8) is 0 Å². The predicted octanol–water partition coefficient (Wildman–Crippen LogP) is 4.15. The maximum atomic E-state index is 11.8. The van der Waals surface area contributed by atoms with E-state index in [1.807, 2.05) is 6.07 Å². The topological polar surface area (TPSA) is 38.3 Å². The highest BCUT2D eigenvalue weighted by molar-refractivity contribution is 6.74. The van der Waals surface area contributed by atoms with E-state index >= 15 is 0 Å². The first-order valence-corrected chi connectivity index (χ1v) is 11.5. The third-order valence-corrected chi connectivity index (χ3v) is 10.1. The summed E-state index contributed by atoms with van der Waals surface area (Å²) in [6, 6.07) is 10.5. The Morgan fingerprint density at radius 1 is 1.22 bits per heavy atom. The Morgan fingerprint density at radius 3 is 2.39 bits per heavy atom. The van der Waals surface area contributed by atoms with Crippen LogP contribution in [-0.2, 0) is 15.6 Å². The number of carbonyl (C=O) groups excluding carboxylic acids is 1. The SMILES string of the molecule is CC(C)(C)[Si](C)(C)OCCC1(Cc2ccccc2)CNC(=O)C1. The van der Waals surface area contributed by atoms with Crippen LogP contribution < -0.4 is 5.32 Å². The third-order valence-electron chi connectivity index (χ3n) is 5.52. The fourth-order valence-corrected chi connectivity index (χ4v) is 3.96. The molecule has 4 heteroatoms. The van der Waals surface area contributed by atoms with E-state index in [0.29, 0.717) is 6.42 Å². The lowest BCUT2D eigenvalue weighted by molar-refractivity contribution is -0.119. The molecule has 1 atom stereocenters. The molecule has 1 unspecified atom stereocenters. The molecule has 0 aromatic heterocycles. The summed E-state index contributed by atoms with van der Waals surface area (Å²) in [5.41, 5.74) is 1.30. The molecule has 1 heterocycles. The van der Waals surface area contributed by atoms with Gasteiger partial charge in [0.1, 0.15) is 0 Å². The molecule has 0 saturated carbocycles. The van der Waals surface area contributed by atoms with E-state index in [4.69, 9.17) is 4.43 Å². The standard InChI is InChI=1S/C19H31NO2Si/c1-18(2,3)23(4,5)22-12-11-19(14-17(21)20-15-19)13-16-9-7-6-8-10-16/h6-10H,11-15H2,1-5H3,(H,20,21). The fourth-order valence-electron chi connectivity index (χ4n) is 2.91. The normalized spacial score (nSPS) is 22.2. The van der Waals surface area contributed by atoms with Crippen LogP contribution >= 0.6 is 0 Å². The molecule has 0 radical (unpaired) electrons. The Bertz CT molecular complexity index is 536. The van der Waals surface area contributed by atoms with Crippen LogP contribution in [0.1, 0.15) is 39.2 Å². The number of rotatable bonds is 6. The zero-order valence-electron chi connectivity index (χ0n) is 15.2. The second-order valence-corrected chi connectivity index (χ2v) is 13.3. The summed E-state index contributed by atoms with van der Waals surface area (Å²) < 4.78 is 6.35. The first-order valence-electron chi connectivity index (χ1n) is 8.58. The van der Waals surface area contributed by atoms with Crippen LogP contribution in [0.3, 0.4) is 0 Å². The first-order chi connectivity index (χ1) is 10.6. The van der Waals surface area contributed by atoms with Crippen LogP contribution in [0.25, 0.3) is 0 Å². The second-order valence-electron chi connectivity index (χ2n) is 8.47. The van der Waals surface area contributed by atoms with Crippen molar-refractivity contribution in [1.29, 1.82) is 0 Å². The van der Waals surface area contributed by atoms with Crippen LogP contribution in [0, 0.1) is 5.41 Å². The molecule has 1 saturated heterocycles. The van der Waals surface area contributed by atoms with E-state index in [9.17, 15) is 4.79 Å². The van der Waals surface area contributed by atoms with Crippen LogP contribution in [0.2, 0.25) is 18.1 Å². The minimum atomic E-state index is -1.72. The average molecular weight is 334 g/mol. The third kappa shape index (κ3) is 4.67. The minimum Gasteiger partial charge on any atom is -0.417 e. The van der Waals surface area contributed by atoms with Crippen molar-refractivity contribution in [3.05, 3.63) is 35.9 Å². The van der Waals surface area contributed by atoms with Gasteiger partial charge in [0, 0.05) is 25.0 Å². The number of carbonyl (C=O) groups is 1. The summed E-state index contributed by atoms with van der Waals surface area (Å²) in [4.78, 5) is 11.8. The minimum absolute atomic E-state index is 0.000795. The molecule has 1 aliphatic heterocycles. The van der Waals surface area contributed by atoms with Gasteiger partial charge in [-0.3, -0.25) is 4.79 Å². The van der Waals surface area contributed by atoms with Crippen LogP contribution in [-0.4, -0.2) is 27.4 Å². The van der Waals surface area contributed by atoms with Gasteiger partial charge in [-0.2, -0.15) is 0 Å². The molecule has 2 rings (SSSR count). The molecule has 1 aromatic carbocycles. The summed E-state index contributed by atoms with van der Waals surface area (Å²) in [7, 11) is -1.72. The van der Waals surface area contributed by atoms with Gasteiger partial charge in [-0.1, -0.05) is 51.1 Å². The van der Waals surface area contributed by atoms with Crippen molar-refractivity contribution >= 4 is 14.2 Å². The Balaban J connectivity index is 2.01. The Kier molecular flexibility index (Phi) is 5.36. The Morgan fingerprint density at radius 2 is 1.87 bits per heavy atom. The van der Waals surface area contributed by atoms with Gasteiger partial charge >= 0.3 is 0 Å². The number of nitrogens with one attached hydrogen (secondary N) is 1. The molecule has 0 spiro atoms. The van der Waals surface area contributed by atoms with Crippen molar-refractivity contribution in [2.24, 2.45) is 5.41 Å². The molecule has 3 nitrogen and oxygen atoms in total. The molecule has 0 aliphatic carbocycles. The smallest absolute Gasteiger partial charge is 0.220 e. The molecule has 0 bridgehead atoms. The second kappa shape index (κ2) is 6.77. The van der Waals surface area contributed by atoms with Gasteiger partial charge in [-0.05, 0) is 36.5 Å². The van der Waals surface area contributed by atoms with Gasteiger partial charge in [0.2, 0.25) is 5.91 Å². The highest BCUT2D eigenvalue weighted by Crippen LogP contribution is 2.39. The van der Waals surface area contributed by atoms with Gasteiger partial charge in [0.15, 0.2) is 8.32 Å². The van der Waals surface area contributed by atoms with Gasteiger partial charge in [0.25, 0.3) is 0 Å². The van der Waals surface area contributed by atoms with Crippen molar-refractivity contribution < 1.29 is 9.22 Å². The van der Waals surface area contributed by atoms with Crippen LogP contribution in [0.4, 0.5) is 0 Å². The van der Waals surface area contributed by atoms with Crippen molar-refractivity contribution in [2.45, 2.75) is 58.2 Å². The summed E-state index contributed by atoms with van der Waals surface area (Å²) in [5.74, 6) is 0.174. The molecule has 1 amide bonds. The molecule has 1 aromatic rings. The maximum absolute atomic E-state index is 11.8. The highest BCUT2D eigenvalue weighted by atomic mass is 28.4. The summed E-state index contributed by atoms with van der Waals surface area (Å²) in [6.45, 7) is 12.9. The van der Waals surface area contributed by atoms with E-state index in [2.05, 4.69) is 63.4 Å². The highest BCUT2D eigenvalue weighted by Gasteiger charge is 2.41. The van der Waals surface area contributed by atoms with E-state index < -0.39 is 8.32 Å². The lowest BCUT2D eigenvalue weighted by Gasteiger charge is -2.37. The van der Waals surface area contributed by atoms with Gasteiger partial charge in [-0.15, -0.1) is 0 Å². The van der Waals surface area contributed by atoms with Gasteiger partial charge < -0.3 is 9.74 Å². The lowest BCUT2D eigenvalue weighted by Crippen LogP contribution is -2.42. The lowest BCUT2D eigenvalue weighted by atomic mass is 9.78. The molecular weight excluding hydrogens is 302 g/mol. The molecule has 1 aliphatic rings. The maximum Gasteiger partial charge on any atom is 0.220 e. The van der Waals surface area contributed by atoms with Crippen LogP contribution in [0.15, 0.2) is 30.3 Å².